The van der Waals surface area contributed by atoms with Crippen LogP contribution in [0.25, 0.3) is 10.9 Å². The monoisotopic (exact) mass is 330 g/mol. The van der Waals surface area contributed by atoms with Gasteiger partial charge in [0.05, 0.1) is 0 Å². The van der Waals surface area contributed by atoms with Gasteiger partial charge >= 0.3 is 5.97 Å². The summed E-state index contributed by atoms with van der Waals surface area (Å²) in [7, 11) is 0. The first-order chi connectivity index (χ1) is 11.5. The summed E-state index contributed by atoms with van der Waals surface area (Å²) in [6, 6.07) is 6.82. The standard InChI is InChI=1S/C19H26N2O3/c1-4-13(5-2)12(3)18(22)21-17(19(23)24)10-14-11-20-16-9-7-6-8-15(14)16/h6-9,11-13,17,20H,4-5,10H2,1-3H3,(H,21,22)(H,23,24). The maximum atomic E-state index is 12.4. The summed E-state index contributed by atoms with van der Waals surface area (Å²) in [5, 5.41) is 13.2. The van der Waals surface area contributed by atoms with Crippen molar-refractivity contribution >= 4 is 22.8 Å². The first-order valence-electron chi connectivity index (χ1n) is 8.56. The number of aromatic amines is 1. The minimum Gasteiger partial charge on any atom is -0.480 e. The number of carboxylic acid groups (broad SMARTS) is 1. The number of hydrogen-bond acceptors (Lipinski definition) is 2. The molecule has 1 heterocycles. The van der Waals surface area contributed by atoms with Crippen molar-refractivity contribution in [1.29, 1.82) is 0 Å². The molecule has 0 bridgehead atoms. The maximum absolute atomic E-state index is 12.4. The summed E-state index contributed by atoms with van der Waals surface area (Å²) < 4.78 is 0. The fourth-order valence-electron chi connectivity index (χ4n) is 3.23. The Morgan fingerprint density at radius 2 is 1.88 bits per heavy atom. The smallest absolute Gasteiger partial charge is 0.326 e. The number of benzene rings is 1. The van der Waals surface area contributed by atoms with Crippen LogP contribution in [0.4, 0.5) is 0 Å². The predicted octanol–water partition coefficient (Wildman–Crippen LogP) is 3.35. The number of aromatic nitrogens is 1. The van der Waals surface area contributed by atoms with Crippen molar-refractivity contribution in [3.05, 3.63) is 36.0 Å². The molecule has 0 aliphatic rings. The highest BCUT2D eigenvalue weighted by atomic mass is 16.4. The largest absolute Gasteiger partial charge is 0.480 e. The number of H-pyrrole nitrogens is 1. The second kappa shape index (κ2) is 7.99. The third-order valence-electron chi connectivity index (χ3n) is 4.88. The molecule has 24 heavy (non-hydrogen) atoms. The van der Waals surface area contributed by atoms with Crippen LogP contribution in [0, 0.1) is 11.8 Å². The molecule has 2 unspecified atom stereocenters. The van der Waals surface area contributed by atoms with Gasteiger partial charge in [-0.05, 0) is 17.5 Å². The fourth-order valence-corrected chi connectivity index (χ4v) is 3.23. The highest BCUT2D eigenvalue weighted by Gasteiger charge is 2.27. The summed E-state index contributed by atoms with van der Waals surface area (Å²) in [4.78, 5) is 27.2. The molecule has 0 aliphatic heterocycles. The van der Waals surface area contributed by atoms with Crippen LogP contribution >= 0.6 is 0 Å². The van der Waals surface area contributed by atoms with Gasteiger partial charge in [-0.15, -0.1) is 0 Å². The number of amides is 1. The number of rotatable bonds is 8. The zero-order chi connectivity index (χ0) is 17.7. The topological polar surface area (TPSA) is 82.2 Å². The number of fused-ring (bicyclic) bond motifs is 1. The van der Waals surface area contributed by atoms with Crippen LogP contribution in [0.3, 0.4) is 0 Å². The SMILES string of the molecule is CCC(CC)C(C)C(=O)NC(Cc1c[nH]c2ccccc12)C(=O)O. The van der Waals surface area contributed by atoms with Crippen molar-refractivity contribution in [2.75, 3.05) is 0 Å². The first kappa shape index (κ1) is 18.0. The van der Waals surface area contributed by atoms with Crippen molar-refractivity contribution in [1.82, 2.24) is 10.3 Å². The summed E-state index contributed by atoms with van der Waals surface area (Å²) in [5.41, 5.74) is 1.86. The molecule has 130 valence electrons. The number of hydrogen-bond donors (Lipinski definition) is 3. The number of carboxylic acids is 1. The van der Waals surface area contributed by atoms with Crippen molar-refractivity contribution in [2.45, 2.75) is 46.1 Å². The van der Waals surface area contributed by atoms with Crippen LogP contribution in [0.5, 0.6) is 0 Å². The van der Waals surface area contributed by atoms with Crippen LogP contribution in [0.15, 0.2) is 30.5 Å². The Hall–Kier alpha value is -2.30. The molecule has 3 N–H and O–H groups in total. The van der Waals surface area contributed by atoms with Gasteiger partial charge in [-0.3, -0.25) is 4.79 Å². The van der Waals surface area contributed by atoms with Crippen LogP contribution in [0.2, 0.25) is 0 Å². The van der Waals surface area contributed by atoms with E-state index in [-0.39, 0.29) is 24.2 Å². The van der Waals surface area contributed by atoms with E-state index in [0.717, 1.165) is 29.3 Å². The van der Waals surface area contributed by atoms with E-state index in [2.05, 4.69) is 24.1 Å². The first-order valence-corrected chi connectivity index (χ1v) is 8.56. The fraction of sp³-hybridized carbons (Fsp3) is 0.474. The number of aliphatic carboxylic acids is 1. The minimum atomic E-state index is -1.01. The van der Waals surface area contributed by atoms with E-state index < -0.39 is 12.0 Å². The summed E-state index contributed by atoms with van der Waals surface area (Å²) >= 11 is 0. The lowest BCUT2D eigenvalue weighted by atomic mass is 9.88. The Bertz CT molecular complexity index is 703. The normalized spacial score (nSPS) is 13.8. The van der Waals surface area contributed by atoms with Gasteiger partial charge in [0.2, 0.25) is 5.91 Å². The predicted molar refractivity (Wildman–Crippen MR) is 94.8 cm³/mol. The van der Waals surface area contributed by atoms with E-state index in [1.165, 1.54) is 0 Å². The van der Waals surface area contributed by atoms with Gasteiger partial charge in [0.1, 0.15) is 6.04 Å². The molecule has 0 saturated carbocycles. The molecule has 5 heteroatoms. The number of carbonyl (C=O) groups excluding carboxylic acids is 1. The highest BCUT2D eigenvalue weighted by Crippen LogP contribution is 2.21. The molecule has 1 amide bonds. The van der Waals surface area contributed by atoms with Crippen molar-refractivity contribution in [3.63, 3.8) is 0 Å². The van der Waals surface area contributed by atoms with E-state index in [4.69, 9.17) is 0 Å². The van der Waals surface area contributed by atoms with Gasteiger partial charge in [0.15, 0.2) is 0 Å². The molecule has 0 aliphatic carbocycles. The van der Waals surface area contributed by atoms with Crippen LogP contribution in [-0.4, -0.2) is 28.0 Å². The summed E-state index contributed by atoms with van der Waals surface area (Å²) in [5.74, 6) is -1.11. The summed E-state index contributed by atoms with van der Waals surface area (Å²) in [6.07, 6.45) is 3.90. The second-order valence-electron chi connectivity index (χ2n) is 6.33. The lowest BCUT2D eigenvalue weighted by Gasteiger charge is -2.23. The van der Waals surface area contributed by atoms with Gasteiger partial charge in [-0.1, -0.05) is 51.8 Å². The Morgan fingerprint density at radius 1 is 1.21 bits per heavy atom. The van der Waals surface area contributed by atoms with E-state index in [9.17, 15) is 14.7 Å². The molecule has 1 aromatic heterocycles. The van der Waals surface area contributed by atoms with E-state index in [1.807, 2.05) is 37.4 Å². The quantitative estimate of drug-likeness (QED) is 0.694. The minimum absolute atomic E-state index is 0.184. The molecule has 2 aromatic rings. The molecular formula is C19H26N2O3. The van der Waals surface area contributed by atoms with E-state index in [0.29, 0.717) is 0 Å². The Labute approximate surface area is 142 Å². The van der Waals surface area contributed by atoms with Gasteiger partial charge in [-0.2, -0.15) is 0 Å². The highest BCUT2D eigenvalue weighted by molar-refractivity contribution is 5.87. The molecular weight excluding hydrogens is 304 g/mol. The Balaban J connectivity index is 2.12. The molecule has 0 fully saturated rings. The van der Waals surface area contributed by atoms with Crippen molar-refractivity contribution in [2.24, 2.45) is 11.8 Å². The molecule has 2 atom stereocenters. The average molecular weight is 330 g/mol. The lowest BCUT2D eigenvalue weighted by Crippen LogP contribution is -2.45. The van der Waals surface area contributed by atoms with Crippen LogP contribution in [0.1, 0.15) is 39.2 Å². The van der Waals surface area contributed by atoms with Gasteiger partial charge in [0, 0.05) is 29.4 Å². The van der Waals surface area contributed by atoms with E-state index >= 15 is 0 Å². The molecule has 2 rings (SSSR count). The number of para-hydroxylation sites is 1. The molecule has 0 radical (unpaired) electrons. The molecule has 0 spiro atoms. The zero-order valence-electron chi connectivity index (χ0n) is 14.5. The number of nitrogens with one attached hydrogen (secondary N) is 2. The maximum Gasteiger partial charge on any atom is 0.326 e. The van der Waals surface area contributed by atoms with E-state index in [1.54, 1.807) is 0 Å². The van der Waals surface area contributed by atoms with Gasteiger partial charge in [-0.25, -0.2) is 4.79 Å². The molecule has 5 nitrogen and oxygen atoms in total. The average Bonchev–Trinajstić information content (AvgIpc) is 2.98. The Morgan fingerprint density at radius 3 is 2.50 bits per heavy atom. The van der Waals surface area contributed by atoms with Gasteiger partial charge < -0.3 is 15.4 Å². The third kappa shape index (κ3) is 3.96. The zero-order valence-corrected chi connectivity index (χ0v) is 14.5. The second-order valence-corrected chi connectivity index (χ2v) is 6.33. The number of carbonyl (C=O) groups is 2. The summed E-state index contributed by atoms with van der Waals surface area (Å²) in [6.45, 7) is 5.98. The molecule has 0 saturated heterocycles. The third-order valence-corrected chi connectivity index (χ3v) is 4.88. The molecule has 1 aromatic carbocycles. The van der Waals surface area contributed by atoms with Gasteiger partial charge in [0.25, 0.3) is 0 Å². The Kier molecular flexibility index (Phi) is 6.01. The lowest BCUT2D eigenvalue weighted by molar-refractivity contribution is -0.142. The van der Waals surface area contributed by atoms with Crippen molar-refractivity contribution < 1.29 is 14.7 Å². The van der Waals surface area contributed by atoms with Crippen LogP contribution in [-0.2, 0) is 16.0 Å². The van der Waals surface area contributed by atoms with Crippen LogP contribution < -0.4 is 5.32 Å². The van der Waals surface area contributed by atoms with Crippen molar-refractivity contribution in [3.8, 4) is 0 Å².